The van der Waals surface area contributed by atoms with Gasteiger partial charge >= 0.3 is 5.97 Å². The number of hydrogen-bond donors (Lipinski definition) is 2. The summed E-state index contributed by atoms with van der Waals surface area (Å²) in [5.74, 6) is -1.11. The highest BCUT2D eigenvalue weighted by Crippen LogP contribution is 2.23. The minimum atomic E-state index is -0.375. The summed E-state index contributed by atoms with van der Waals surface area (Å²) in [4.78, 5) is 25.3. The molecule has 0 saturated carbocycles. The number of aryl methyl sites for hydroxylation is 1. The molecule has 0 spiro atoms. The second-order valence-corrected chi connectivity index (χ2v) is 10.2. The third kappa shape index (κ3) is 8.64. The van der Waals surface area contributed by atoms with Gasteiger partial charge in [-0.1, -0.05) is 79.4 Å². The summed E-state index contributed by atoms with van der Waals surface area (Å²) >= 11 is 0. The number of hydrogen-bond acceptors (Lipinski definition) is 4. The van der Waals surface area contributed by atoms with Gasteiger partial charge in [-0.3, -0.25) is 9.59 Å². The van der Waals surface area contributed by atoms with E-state index in [1.807, 2.05) is 60.7 Å². The molecule has 0 saturated heterocycles. The first-order valence-electron chi connectivity index (χ1n) is 13.7. The number of amides is 1. The summed E-state index contributed by atoms with van der Waals surface area (Å²) < 4.78 is 19.2. The standard InChI is InChI=1S/C35H35FN2O3/c1-24(37)30-11-6-10-27(20-30)21-32(23-41-25(2)39)34(19-14-26-8-4-3-5-9-26)38-35(40)29-17-15-28(16-18-29)31-12-7-13-33(36)22-31/h3-13,15-18,20,22,32,34H,1,14,19,21,23,37H2,2H3,(H,38,40). The van der Waals surface area contributed by atoms with E-state index < -0.39 is 0 Å². The molecule has 4 aromatic rings. The van der Waals surface area contributed by atoms with Crippen molar-refractivity contribution < 1.29 is 18.7 Å². The first-order valence-corrected chi connectivity index (χ1v) is 13.7. The fourth-order valence-corrected chi connectivity index (χ4v) is 4.87. The molecule has 1 amide bonds. The van der Waals surface area contributed by atoms with Crippen molar-refractivity contribution in [3.8, 4) is 11.1 Å². The maximum Gasteiger partial charge on any atom is 0.302 e. The van der Waals surface area contributed by atoms with Crippen LogP contribution in [0.3, 0.4) is 0 Å². The predicted molar refractivity (Wildman–Crippen MR) is 161 cm³/mol. The fraction of sp³-hybridized carbons (Fsp3) is 0.200. The summed E-state index contributed by atoms with van der Waals surface area (Å²) in [6, 6.07) is 31.0. The van der Waals surface area contributed by atoms with E-state index in [4.69, 9.17) is 10.5 Å². The van der Waals surface area contributed by atoms with Crippen LogP contribution in [0.2, 0.25) is 0 Å². The van der Waals surface area contributed by atoms with Gasteiger partial charge in [-0.2, -0.15) is 0 Å². The number of benzene rings is 4. The van der Waals surface area contributed by atoms with E-state index in [9.17, 15) is 14.0 Å². The maximum absolute atomic E-state index is 13.7. The zero-order valence-electron chi connectivity index (χ0n) is 23.2. The van der Waals surface area contributed by atoms with Gasteiger partial charge in [-0.05, 0) is 77.4 Å². The topological polar surface area (TPSA) is 81.4 Å². The highest BCUT2D eigenvalue weighted by Gasteiger charge is 2.26. The van der Waals surface area contributed by atoms with Crippen molar-refractivity contribution in [2.45, 2.75) is 32.2 Å². The average Bonchev–Trinajstić information content (AvgIpc) is 2.98. The summed E-state index contributed by atoms with van der Waals surface area (Å²) in [6.45, 7) is 5.38. The molecule has 0 radical (unpaired) electrons. The fourth-order valence-electron chi connectivity index (χ4n) is 4.87. The van der Waals surface area contributed by atoms with Crippen LogP contribution in [0, 0.1) is 11.7 Å². The lowest BCUT2D eigenvalue weighted by molar-refractivity contribution is -0.142. The van der Waals surface area contributed by atoms with Gasteiger partial charge < -0.3 is 15.8 Å². The van der Waals surface area contributed by atoms with Crippen molar-refractivity contribution in [3.63, 3.8) is 0 Å². The van der Waals surface area contributed by atoms with Crippen LogP contribution < -0.4 is 11.1 Å². The minimum absolute atomic E-state index is 0.154. The average molecular weight is 551 g/mol. The van der Waals surface area contributed by atoms with E-state index in [-0.39, 0.29) is 36.3 Å². The van der Waals surface area contributed by atoms with Crippen LogP contribution in [0.4, 0.5) is 4.39 Å². The normalized spacial score (nSPS) is 12.2. The molecule has 2 unspecified atom stereocenters. The third-order valence-electron chi connectivity index (χ3n) is 7.07. The Hall–Kier alpha value is -4.71. The van der Waals surface area contributed by atoms with Crippen molar-refractivity contribution in [3.05, 3.63) is 138 Å². The molecule has 2 atom stereocenters. The maximum atomic E-state index is 13.7. The van der Waals surface area contributed by atoms with Gasteiger partial charge in [-0.25, -0.2) is 4.39 Å². The molecule has 210 valence electrons. The Morgan fingerprint density at radius 2 is 1.56 bits per heavy atom. The molecular weight excluding hydrogens is 515 g/mol. The van der Waals surface area contributed by atoms with Crippen LogP contribution in [0.5, 0.6) is 0 Å². The Balaban J connectivity index is 1.58. The summed E-state index contributed by atoms with van der Waals surface area (Å²) in [5, 5.41) is 3.22. The van der Waals surface area contributed by atoms with Crippen LogP contribution in [0.1, 0.15) is 40.4 Å². The Labute approximate surface area is 240 Å². The van der Waals surface area contributed by atoms with Crippen molar-refractivity contribution >= 4 is 17.6 Å². The van der Waals surface area contributed by atoms with E-state index in [1.54, 1.807) is 18.2 Å². The summed E-state index contributed by atoms with van der Waals surface area (Å²) in [6.07, 6.45) is 1.94. The molecule has 0 aliphatic heterocycles. The Morgan fingerprint density at radius 3 is 2.24 bits per heavy atom. The smallest absolute Gasteiger partial charge is 0.302 e. The largest absolute Gasteiger partial charge is 0.465 e. The van der Waals surface area contributed by atoms with Crippen molar-refractivity contribution in [2.24, 2.45) is 11.7 Å². The highest BCUT2D eigenvalue weighted by molar-refractivity contribution is 5.95. The van der Waals surface area contributed by atoms with E-state index in [2.05, 4.69) is 24.0 Å². The number of esters is 1. The van der Waals surface area contributed by atoms with Gasteiger partial charge in [-0.15, -0.1) is 0 Å². The molecule has 0 aliphatic rings. The summed E-state index contributed by atoms with van der Waals surface area (Å²) in [5.41, 5.74) is 11.4. The Morgan fingerprint density at radius 1 is 0.854 bits per heavy atom. The molecule has 0 aromatic heterocycles. The SMILES string of the molecule is C=C(N)c1cccc(CC(COC(C)=O)C(CCc2ccccc2)NC(=O)c2ccc(-c3cccc(F)c3)cc2)c1. The highest BCUT2D eigenvalue weighted by atomic mass is 19.1. The molecule has 3 N–H and O–H groups in total. The zero-order chi connectivity index (χ0) is 29.2. The second kappa shape index (κ2) is 14.1. The van der Waals surface area contributed by atoms with Crippen LogP contribution in [0.15, 0.2) is 110 Å². The predicted octanol–water partition coefficient (Wildman–Crippen LogP) is 6.58. The molecule has 0 aliphatic carbocycles. The molecular formula is C35H35FN2O3. The van der Waals surface area contributed by atoms with E-state index in [0.717, 1.165) is 34.2 Å². The number of rotatable bonds is 12. The van der Waals surface area contributed by atoms with Gasteiger partial charge in [0.15, 0.2) is 0 Å². The number of carbonyl (C=O) groups excluding carboxylic acids is 2. The molecule has 0 fully saturated rings. The van der Waals surface area contributed by atoms with E-state index in [1.165, 1.54) is 19.1 Å². The number of nitrogens with one attached hydrogen (secondary N) is 1. The zero-order valence-corrected chi connectivity index (χ0v) is 23.2. The van der Waals surface area contributed by atoms with Gasteiger partial charge in [0.25, 0.3) is 5.91 Å². The molecule has 5 nitrogen and oxygen atoms in total. The van der Waals surface area contributed by atoms with Gasteiger partial charge in [0.05, 0.1) is 6.61 Å². The number of ether oxygens (including phenoxy) is 1. The van der Waals surface area contributed by atoms with E-state index in [0.29, 0.717) is 24.1 Å². The molecule has 4 rings (SSSR count). The van der Waals surface area contributed by atoms with Gasteiger partial charge in [0.1, 0.15) is 5.82 Å². The number of nitrogens with two attached hydrogens (primary N) is 1. The Bertz CT molecular complexity index is 1490. The van der Waals surface area contributed by atoms with Crippen LogP contribution in [0.25, 0.3) is 16.8 Å². The van der Waals surface area contributed by atoms with Crippen LogP contribution in [-0.2, 0) is 22.4 Å². The van der Waals surface area contributed by atoms with Crippen LogP contribution >= 0.6 is 0 Å². The molecule has 6 heteroatoms. The van der Waals surface area contributed by atoms with Gasteiger partial charge in [0, 0.05) is 30.1 Å². The molecule has 4 aromatic carbocycles. The second-order valence-electron chi connectivity index (χ2n) is 10.2. The quantitative estimate of drug-likeness (QED) is 0.195. The van der Waals surface area contributed by atoms with Crippen molar-refractivity contribution in [1.82, 2.24) is 5.32 Å². The van der Waals surface area contributed by atoms with Gasteiger partial charge in [0.2, 0.25) is 0 Å². The Kier molecular flexibility index (Phi) is 10.1. The van der Waals surface area contributed by atoms with Crippen molar-refractivity contribution in [1.29, 1.82) is 0 Å². The van der Waals surface area contributed by atoms with E-state index >= 15 is 0 Å². The molecule has 0 bridgehead atoms. The lowest BCUT2D eigenvalue weighted by atomic mass is 9.88. The lowest BCUT2D eigenvalue weighted by Gasteiger charge is -2.28. The third-order valence-corrected chi connectivity index (χ3v) is 7.07. The molecule has 41 heavy (non-hydrogen) atoms. The number of halogens is 1. The first-order chi connectivity index (χ1) is 19.8. The number of carbonyl (C=O) groups is 2. The van der Waals surface area contributed by atoms with Crippen molar-refractivity contribution in [2.75, 3.05) is 6.61 Å². The summed E-state index contributed by atoms with van der Waals surface area (Å²) in [7, 11) is 0. The molecule has 0 heterocycles. The lowest BCUT2D eigenvalue weighted by Crippen LogP contribution is -2.43. The monoisotopic (exact) mass is 550 g/mol. The van der Waals surface area contributed by atoms with Crippen LogP contribution in [-0.4, -0.2) is 24.5 Å². The first kappa shape index (κ1) is 29.3. The minimum Gasteiger partial charge on any atom is -0.465 e.